The highest BCUT2D eigenvalue weighted by Crippen LogP contribution is 2.36. The molecule has 0 atom stereocenters. The molecule has 2 heterocycles. The number of aryl methyl sites for hydroxylation is 1. The van der Waals surface area contributed by atoms with Gasteiger partial charge in [0.05, 0.1) is 11.9 Å². The van der Waals surface area contributed by atoms with Gasteiger partial charge in [-0.1, -0.05) is 24.3 Å². The van der Waals surface area contributed by atoms with Crippen LogP contribution >= 0.6 is 0 Å². The van der Waals surface area contributed by atoms with Gasteiger partial charge < -0.3 is 4.57 Å². The van der Waals surface area contributed by atoms with E-state index in [9.17, 15) is 14.0 Å². The van der Waals surface area contributed by atoms with Crippen LogP contribution in [0, 0.1) is 19.7 Å². The van der Waals surface area contributed by atoms with E-state index in [1.807, 2.05) is 54.8 Å². The van der Waals surface area contributed by atoms with Crippen LogP contribution in [-0.2, 0) is 4.79 Å². The third-order valence-electron chi connectivity index (χ3n) is 5.90. The Morgan fingerprint density at radius 1 is 1.06 bits per heavy atom. The number of carbonyl (C=O) groups excluding carboxylic acids is 2. The van der Waals surface area contributed by atoms with Crippen molar-refractivity contribution in [2.45, 2.75) is 13.8 Å². The Morgan fingerprint density at radius 3 is 2.55 bits per heavy atom. The molecule has 0 spiro atoms. The van der Waals surface area contributed by atoms with Crippen LogP contribution in [-0.4, -0.2) is 29.1 Å². The average molecular weight is 440 g/mol. The van der Waals surface area contributed by atoms with Gasteiger partial charge in [0.25, 0.3) is 11.8 Å². The first-order valence-electron chi connectivity index (χ1n) is 10.5. The van der Waals surface area contributed by atoms with Crippen LogP contribution in [0.3, 0.4) is 0 Å². The second kappa shape index (κ2) is 8.02. The van der Waals surface area contributed by atoms with Crippen molar-refractivity contribution in [3.8, 4) is 5.69 Å². The second-order valence-electron chi connectivity index (χ2n) is 8.00. The number of nitrogens with one attached hydrogen (secondary N) is 1. The molecule has 6 nitrogen and oxygen atoms in total. The maximum absolute atomic E-state index is 13.3. The van der Waals surface area contributed by atoms with Gasteiger partial charge in [-0.15, -0.1) is 0 Å². The summed E-state index contributed by atoms with van der Waals surface area (Å²) in [6.45, 7) is 3.75. The number of hydrogen-bond acceptors (Lipinski definition) is 3. The fourth-order valence-electron chi connectivity index (χ4n) is 4.39. The van der Waals surface area contributed by atoms with Crippen LogP contribution in [0.15, 0.2) is 71.8 Å². The SMILES string of the molecule is Cc1cc(/C=N\NC(=O)CN2C(=O)c3cccc4cccc2c34)c(C)n1-c1ccc(F)cc1. The van der Waals surface area contributed by atoms with Crippen LogP contribution in [0.2, 0.25) is 0 Å². The fraction of sp³-hybridized carbons (Fsp3) is 0.115. The third-order valence-corrected chi connectivity index (χ3v) is 5.90. The van der Waals surface area contributed by atoms with Crippen molar-refractivity contribution in [1.29, 1.82) is 0 Å². The minimum Gasteiger partial charge on any atom is -0.318 e. The van der Waals surface area contributed by atoms with E-state index in [0.29, 0.717) is 5.56 Å². The van der Waals surface area contributed by atoms with Gasteiger partial charge in [-0.2, -0.15) is 5.10 Å². The van der Waals surface area contributed by atoms with Gasteiger partial charge in [-0.05, 0) is 61.7 Å². The lowest BCUT2D eigenvalue weighted by Gasteiger charge is -2.16. The summed E-state index contributed by atoms with van der Waals surface area (Å²) >= 11 is 0. The quantitative estimate of drug-likeness (QED) is 0.367. The van der Waals surface area contributed by atoms with Gasteiger partial charge in [0.1, 0.15) is 12.4 Å². The van der Waals surface area contributed by atoms with Crippen LogP contribution < -0.4 is 10.3 Å². The molecule has 0 saturated carbocycles. The van der Waals surface area contributed by atoms with E-state index >= 15 is 0 Å². The molecule has 0 radical (unpaired) electrons. The molecule has 0 saturated heterocycles. The normalized spacial score (nSPS) is 12.8. The molecule has 164 valence electrons. The minimum atomic E-state index is -0.392. The Balaban J connectivity index is 1.30. The summed E-state index contributed by atoms with van der Waals surface area (Å²) in [4.78, 5) is 26.9. The standard InChI is InChI=1S/C26H21FN4O2/c1-16-13-19(17(2)31(16)21-11-9-20(27)10-12-21)14-28-29-24(32)15-30-23-8-4-6-18-5-3-7-22(25(18)23)26(30)33/h3-14H,15H2,1-2H3,(H,29,32)/b28-14-. The van der Waals surface area contributed by atoms with E-state index in [4.69, 9.17) is 0 Å². The number of anilines is 1. The predicted molar refractivity (Wildman–Crippen MR) is 127 cm³/mol. The predicted octanol–water partition coefficient (Wildman–Crippen LogP) is 4.50. The second-order valence-corrected chi connectivity index (χ2v) is 8.00. The summed E-state index contributed by atoms with van der Waals surface area (Å²) < 4.78 is 15.3. The first-order valence-corrected chi connectivity index (χ1v) is 10.5. The number of carbonyl (C=O) groups is 2. The molecule has 2 amide bonds. The molecule has 0 fully saturated rings. The monoisotopic (exact) mass is 440 g/mol. The molecular formula is C26H21FN4O2. The Hall–Kier alpha value is -4.26. The summed E-state index contributed by atoms with van der Waals surface area (Å²) in [6, 6.07) is 19.4. The highest BCUT2D eigenvalue weighted by molar-refractivity contribution is 6.26. The number of hydrazone groups is 1. The molecule has 1 aliphatic rings. The molecule has 4 aromatic rings. The lowest BCUT2D eigenvalue weighted by molar-refractivity contribution is -0.119. The minimum absolute atomic E-state index is 0.126. The zero-order chi connectivity index (χ0) is 23.1. The lowest BCUT2D eigenvalue weighted by Crippen LogP contribution is -2.37. The lowest BCUT2D eigenvalue weighted by atomic mass is 10.1. The maximum Gasteiger partial charge on any atom is 0.260 e. The number of benzene rings is 3. The fourth-order valence-corrected chi connectivity index (χ4v) is 4.39. The maximum atomic E-state index is 13.3. The molecule has 5 rings (SSSR count). The Kier molecular flexibility index (Phi) is 5.01. The summed E-state index contributed by atoms with van der Waals surface area (Å²) in [5, 5.41) is 5.93. The number of nitrogens with zero attached hydrogens (tertiary/aromatic N) is 3. The number of hydrogen-bond donors (Lipinski definition) is 1. The summed E-state index contributed by atoms with van der Waals surface area (Å²) in [7, 11) is 0. The van der Waals surface area contributed by atoms with E-state index in [1.54, 1.807) is 24.4 Å². The van der Waals surface area contributed by atoms with Crippen molar-refractivity contribution >= 4 is 34.5 Å². The average Bonchev–Trinajstić information content (AvgIpc) is 3.24. The molecule has 0 unspecified atom stereocenters. The largest absolute Gasteiger partial charge is 0.318 e. The van der Waals surface area contributed by atoms with E-state index < -0.39 is 5.91 Å². The third kappa shape index (κ3) is 3.57. The summed E-state index contributed by atoms with van der Waals surface area (Å²) in [6.07, 6.45) is 1.57. The first-order chi connectivity index (χ1) is 15.9. The Morgan fingerprint density at radius 2 is 1.79 bits per heavy atom. The molecule has 0 aliphatic carbocycles. The highest BCUT2D eigenvalue weighted by atomic mass is 19.1. The van der Waals surface area contributed by atoms with E-state index in [-0.39, 0.29) is 18.3 Å². The van der Waals surface area contributed by atoms with Gasteiger partial charge >= 0.3 is 0 Å². The van der Waals surface area contributed by atoms with Crippen LogP contribution in [0.1, 0.15) is 27.3 Å². The molecule has 7 heteroatoms. The highest BCUT2D eigenvalue weighted by Gasteiger charge is 2.30. The van der Waals surface area contributed by atoms with Crippen molar-refractivity contribution < 1.29 is 14.0 Å². The zero-order valence-electron chi connectivity index (χ0n) is 18.2. The molecule has 1 aromatic heterocycles. The number of halogens is 1. The molecule has 3 aromatic carbocycles. The molecule has 0 bridgehead atoms. The van der Waals surface area contributed by atoms with Crippen molar-refractivity contribution in [2.24, 2.45) is 5.10 Å². The zero-order valence-corrected chi connectivity index (χ0v) is 18.2. The number of amides is 2. The summed E-state index contributed by atoms with van der Waals surface area (Å²) in [5.41, 5.74) is 7.39. The first kappa shape index (κ1) is 20.6. The van der Waals surface area contributed by atoms with Crippen molar-refractivity contribution in [1.82, 2.24) is 9.99 Å². The van der Waals surface area contributed by atoms with E-state index in [2.05, 4.69) is 10.5 Å². The molecule has 1 N–H and O–H groups in total. The van der Waals surface area contributed by atoms with Crippen molar-refractivity contribution in [3.63, 3.8) is 0 Å². The molecular weight excluding hydrogens is 419 g/mol. The van der Waals surface area contributed by atoms with Crippen LogP contribution in [0.4, 0.5) is 10.1 Å². The van der Waals surface area contributed by atoms with E-state index in [0.717, 1.165) is 39.1 Å². The van der Waals surface area contributed by atoms with Crippen molar-refractivity contribution in [2.75, 3.05) is 11.4 Å². The van der Waals surface area contributed by atoms with Gasteiger partial charge in [0.2, 0.25) is 0 Å². The Bertz CT molecular complexity index is 1430. The van der Waals surface area contributed by atoms with Crippen LogP contribution in [0.5, 0.6) is 0 Å². The Labute approximate surface area is 189 Å². The topological polar surface area (TPSA) is 66.7 Å². The van der Waals surface area contributed by atoms with Gasteiger partial charge in [-0.3, -0.25) is 14.5 Å². The number of rotatable bonds is 5. The van der Waals surface area contributed by atoms with Crippen molar-refractivity contribution in [3.05, 3.63) is 95.1 Å². The molecule has 1 aliphatic heterocycles. The summed E-state index contributed by atoms with van der Waals surface area (Å²) in [5.74, 6) is -0.873. The van der Waals surface area contributed by atoms with Gasteiger partial charge in [0, 0.05) is 33.6 Å². The van der Waals surface area contributed by atoms with Gasteiger partial charge in [-0.25, -0.2) is 9.82 Å². The number of aromatic nitrogens is 1. The molecule has 33 heavy (non-hydrogen) atoms. The van der Waals surface area contributed by atoms with E-state index in [1.165, 1.54) is 17.0 Å². The smallest absolute Gasteiger partial charge is 0.260 e. The van der Waals surface area contributed by atoms with Gasteiger partial charge in [0.15, 0.2) is 0 Å². The van der Waals surface area contributed by atoms with Crippen LogP contribution in [0.25, 0.3) is 16.5 Å².